The van der Waals surface area contributed by atoms with Crippen molar-refractivity contribution in [3.63, 3.8) is 0 Å². The first-order valence-electron chi connectivity index (χ1n) is 9.83. The van der Waals surface area contributed by atoms with Gasteiger partial charge in [0.05, 0.1) is 29.3 Å². The van der Waals surface area contributed by atoms with Crippen molar-refractivity contribution in [2.45, 2.75) is 37.1 Å². The molecule has 12 heteroatoms. The molecule has 8 nitrogen and oxygen atoms in total. The molecule has 0 aliphatic carbocycles. The maximum Gasteiger partial charge on any atom is 0.416 e. The number of H-pyrrole nitrogens is 1. The fraction of sp³-hybridized carbons (Fsp3) is 0.400. The third-order valence-corrected chi connectivity index (χ3v) is 5.71. The second kappa shape index (κ2) is 8.07. The molecule has 4 atom stereocenters. The van der Waals surface area contributed by atoms with Crippen LogP contribution in [0, 0.1) is 0 Å². The van der Waals surface area contributed by atoms with E-state index in [4.69, 9.17) is 25.8 Å². The van der Waals surface area contributed by atoms with Crippen LogP contribution in [-0.2, 0) is 22.2 Å². The molecule has 0 unspecified atom stereocenters. The van der Waals surface area contributed by atoms with E-state index in [1.807, 2.05) is 0 Å². The Morgan fingerprint density at radius 2 is 1.97 bits per heavy atom. The zero-order valence-electron chi connectivity index (χ0n) is 16.4. The largest absolute Gasteiger partial charge is 0.456 e. The van der Waals surface area contributed by atoms with Gasteiger partial charge in [-0.15, -0.1) is 0 Å². The fourth-order valence-electron chi connectivity index (χ4n) is 3.89. The molecule has 0 spiro atoms. The number of aromatic amines is 1. The minimum absolute atomic E-state index is 0.0681. The highest BCUT2D eigenvalue weighted by Gasteiger charge is 2.48. The molecule has 5 rings (SSSR count). The van der Waals surface area contributed by atoms with E-state index in [2.05, 4.69) is 20.3 Å². The van der Waals surface area contributed by atoms with Crippen LogP contribution in [-0.4, -0.2) is 57.7 Å². The van der Waals surface area contributed by atoms with Crippen LogP contribution in [0.5, 0.6) is 6.01 Å². The van der Waals surface area contributed by atoms with Crippen molar-refractivity contribution in [3.8, 4) is 6.01 Å². The van der Waals surface area contributed by atoms with Crippen LogP contribution in [0.4, 0.5) is 19.0 Å². The number of nitrogens with one attached hydrogen (secondary N) is 2. The molecule has 0 saturated carbocycles. The number of halogens is 4. The molecule has 0 radical (unpaired) electrons. The van der Waals surface area contributed by atoms with E-state index in [0.29, 0.717) is 5.52 Å². The molecule has 2 saturated heterocycles. The van der Waals surface area contributed by atoms with Gasteiger partial charge in [0.25, 0.3) is 6.01 Å². The van der Waals surface area contributed by atoms with Gasteiger partial charge in [-0.2, -0.15) is 18.2 Å². The van der Waals surface area contributed by atoms with Crippen molar-refractivity contribution in [1.29, 1.82) is 0 Å². The van der Waals surface area contributed by atoms with Gasteiger partial charge >= 0.3 is 6.18 Å². The SMILES string of the molecule is O[C@@H]1CO[C@H]2[C@@H]1OC[C@H]2Oc1nc2nc(NCc3ccccc3C(F)(F)F)c(Cl)cc2[nH]1. The van der Waals surface area contributed by atoms with E-state index in [0.717, 1.165) is 6.07 Å². The summed E-state index contributed by atoms with van der Waals surface area (Å²) in [5, 5.41) is 12.9. The van der Waals surface area contributed by atoms with Crippen molar-refractivity contribution in [2.24, 2.45) is 0 Å². The highest BCUT2D eigenvalue weighted by atomic mass is 35.5. The minimum Gasteiger partial charge on any atom is -0.456 e. The molecule has 2 aliphatic heterocycles. The number of aliphatic hydroxyl groups excluding tert-OH is 1. The van der Waals surface area contributed by atoms with E-state index < -0.39 is 36.2 Å². The lowest BCUT2D eigenvalue weighted by atomic mass is 10.1. The first-order valence-corrected chi connectivity index (χ1v) is 10.2. The number of pyridine rings is 1. The van der Waals surface area contributed by atoms with Crippen molar-refractivity contribution < 1.29 is 32.5 Å². The fourth-order valence-corrected chi connectivity index (χ4v) is 4.11. The number of ether oxygens (including phenoxy) is 3. The third-order valence-electron chi connectivity index (χ3n) is 5.42. The van der Waals surface area contributed by atoms with Gasteiger partial charge in [-0.3, -0.25) is 0 Å². The number of aromatic nitrogens is 3. The molecule has 0 bridgehead atoms. The summed E-state index contributed by atoms with van der Waals surface area (Å²) >= 11 is 6.26. The zero-order chi connectivity index (χ0) is 22.5. The lowest BCUT2D eigenvalue weighted by Gasteiger charge is -2.15. The first-order chi connectivity index (χ1) is 15.3. The average molecular weight is 471 g/mol. The van der Waals surface area contributed by atoms with Crippen LogP contribution < -0.4 is 10.1 Å². The van der Waals surface area contributed by atoms with E-state index >= 15 is 0 Å². The van der Waals surface area contributed by atoms with Crippen molar-refractivity contribution in [1.82, 2.24) is 15.0 Å². The van der Waals surface area contributed by atoms with Crippen LogP contribution in [0.1, 0.15) is 11.1 Å². The number of hydrogen-bond acceptors (Lipinski definition) is 7. The average Bonchev–Trinajstić information content (AvgIpc) is 3.43. The molecule has 170 valence electrons. The van der Waals surface area contributed by atoms with Gasteiger partial charge < -0.3 is 29.6 Å². The third kappa shape index (κ3) is 3.96. The van der Waals surface area contributed by atoms with Crippen molar-refractivity contribution >= 4 is 28.6 Å². The number of rotatable bonds is 5. The summed E-state index contributed by atoms with van der Waals surface area (Å²) in [5.41, 5.74) is 0.114. The summed E-state index contributed by atoms with van der Waals surface area (Å²) in [7, 11) is 0. The van der Waals surface area contributed by atoms with Gasteiger partial charge in [0, 0.05) is 6.54 Å². The van der Waals surface area contributed by atoms with Crippen LogP contribution in [0.3, 0.4) is 0 Å². The Bertz CT molecular complexity index is 1140. The second-order valence-corrected chi connectivity index (χ2v) is 7.97. The summed E-state index contributed by atoms with van der Waals surface area (Å²) in [6, 6.07) is 7.02. The number of aliphatic hydroxyl groups is 1. The van der Waals surface area contributed by atoms with E-state index in [1.165, 1.54) is 18.2 Å². The first kappa shape index (κ1) is 21.3. The number of benzene rings is 1. The van der Waals surface area contributed by atoms with Gasteiger partial charge in [0.1, 0.15) is 24.1 Å². The maximum absolute atomic E-state index is 13.2. The van der Waals surface area contributed by atoms with E-state index in [1.54, 1.807) is 6.07 Å². The number of nitrogens with zero attached hydrogens (tertiary/aromatic N) is 2. The zero-order valence-corrected chi connectivity index (χ0v) is 17.2. The van der Waals surface area contributed by atoms with Gasteiger partial charge in [-0.05, 0) is 17.7 Å². The minimum atomic E-state index is -4.46. The van der Waals surface area contributed by atoms with Crippen LogP contribution in [0.15, 0.2) is 30.3 Å². The molecule has 1 aromatic carbocycles. The lowest BCUT2D eigenvalue weighted by Crippen LogP contribution is -2.34. The molecule has 0 amide bonds. The van der Waals surface area contributed by atoms with Crippen molar-refractivity contribution in [3.05, 3.63) is 46.5 Å². The van der Waals surface area contributed by atoms with Gasteiger partial charge in [0.15, 0.2) is 11.8 Å². The Morgan fingerprint density at radius 3 is 2.78 bits per heavy atom. The summed E-state index contributed by atoms with van der Waals surface area (Å²) < 4.78 is 56.5. The Labute approximate surface area is 184 Å². The van der Waals surface area contributed by atoms with Crippen LogP contribution in [0.25, 0.3) is 11.2 Å². The molecule has 3 aromatic rings. The Kier molecular flexibility index (Phi) is 5.36. The highest BCUT2D eigenvalue weighted by molar-refractivity contribution is 6.33. The van der Waals surface area contributed by atoms with Crippen molar-refractivity contribution in [2.75, 3.05) is 18.5 Å². The summed E-state index contributed by atoms with van der Waals surface area (Å²) in [5.74, 6) is 0.195. The van der Waals surface area contributed by atoms with E-state index in [9.17, 15) is 18.3 Å². The predicted molar refractivity (Wildman–Crippen MR) is 108 cm³/mol. The molecule has 32 heavy (non-hydrogen) atoms. The number of hydrogen-bond donors (Lipinski definition) is 3. The molecular weight excluding hydrogens is 453 g/mol. The highest BCUT2D eigenvalue weighted by Crippen LogP contribution is 2.33. The maximum atomic E-state index is 13.2. The normalized spacial score (nSPS) is 25.3. The Morgan fingerprint density at radius 1 is 1.19 bits per heavy atom. The Hall–Kier alpha value is -2.60. The lowest BCUT2D eigenvalue weighted by molar-refractivity contribution is -0.138. The van der Waals surface area contributed by atoms with Crippen LogP contribution in [0.2, 0.25) is 5.02 Å². The van der Waals surface area contributed by atoms with E-state index in [-0.39, 0.29) is 47.8 Å². The second-order valence-electron chi connectivity index (χ2n) is 7.56. The topological polar surface area (TPSA) is 102 Å². The molecule has 2 aromatic heterocycles. The smallest absolute Gasteiger partial charge is 0.416 e. The monoisotopic (exact) mass is 470 g/mol. The van der Waals surface area contributed by atoms with Gasteiger partial charge in [0.2, 0.25) is 0 Å². The number of alkyl halides is 3. The molecule has 4 heterocycles. The number of anilines is 1. The van der Waals surface area contributed by atoms with Gasteiger partial charge in [-0.25, -0.2) is 4.98 Å². The van der Waals surface area contributed by atoms with Gasteiger partial charge in [-0.1, -0.05) is 29.8 Å². The quantitative estimate of drug-likeness (QED) is 0.526. The summed E-state index contributed by atoms with van der Waals surface area (Å²) in [6.07, 6.45) is -6.45. The standard InChI is InChI=1S/C20H18ClF3N4O4/c21-11-5-12-18(27-17(11)25-6-9-3-1-2-4-10(9)20(22,23)24)28-19(26-12)32-14-8-31-15-13(29)7-30-16(14)15/h1-5,13-16,29H,6-8H2,(H2,25,26,27,28)/t13-,14-,15-,16-/m1/s1. The molecule has 2 aliphatic rings. The van der Waals surface area contributed by atoms with Crippen LogP contribution >= 0.6 is 11.6 Å². The number of fused-ring (bicyclic) bond motifs is 2. The Balaban J connectivity index is 1.32. The predicted octanol–water partition coefficient (Wildman–Crippen LogP) is 3.15. The summed E-state index contributed by atoms with van der Waals surface area (Å²) in [4.78, 5) is 11.5. The summed E-state index contributed by atoms with van der Waals surface area (Å²) in [6.45, 7) is 0.297. The molecule has 3 N–H and O–H groups in total. The molecule has 2 fully saturated rings. The number of imidazole rings is 1. The molecular formula is C20H18ClF3N4O4.